The smallest absolute Gasteiger partial charge is 0.130 e. The average molecular weight is 189 g/mol. The summed E-state index contributed by atoms with van der Waals surface area (Å²) < 4.78 is 0. The van der Waals surface area contributed by atoms with Crippen LogP contribution in [0.1, 0.15) is 32.4 Å². The number of carbonyl (C=O) groups is 1. The minimum absolute atomic E-state index is 0.235. The summed E-state index contributed by atoms with van der Waals surface area (Å²) >= 11 is 0. The first kappa shape index (κ1) is 10.6. The minimum Gasteiger partial charge on any atom is -0.300 e. The van der Waals surface area contributed by atoms with Gasteiger partial charge in [-0.15, -0.1) is 0 Å². The average Bonchev–Trinajstić information content (AvgIpc) is 2.16. The van der Waals surface area contributed by atoms with Gasteiger partial charge in [0.15, 0.2) is 0 Å². The SMILES string of the molecule is CC(=O)CC/C(C)=C/c1ccccn1. The summed E-state index contributed by atoms with van der Waals surface area (Å²) in [5.41, 5.74) is 2.15. The van der Waals surface area contributed by atoms with Crippen LogP contribution in [-0.4, -0.2) is 10.8 Å². The third-order valence-electron chi connectivity index (χ3n) is 1.95. The number of allylic oxidation sites excluding steroid dienone is 1. The predicted octanol–water partition coefficient (Wildman–Crippen LogP) is 2.85. The van der Waals surface area contributed by atoms with Crippen molar-refractivity contribution in [2.45, 2.75) is 26.7 Å². The van der Waals surface area contributed by atoms with Crippen molar-refractivity contribution in [1.29, 1.82) is 0 Å². The molecular formula is C12H15NO. The van der Waals surface area contributed by atoms with Gasteiger partial charge in [0.2, 0.25) is 0 Å². The van der Waals surface area contributed by atoms with Crippen molar-refractivity contribution < 1.29 is 4.79 Å². The fourth-order valence-corrected chi connectivity index (χ4v) is 1.16. The number of Topliss-reactive ketones (excluding diaryl/α,β-unsaturated/α-hetero) is 1. The molecule has 0 fully saturated rings. The van der Waals surface area contributed by atoms with E-state index in [0.29, 0.717) is 6.42 Å². The lowest BCUT2D eigenvalue weighted by Gasteiger charge is -1.98. The van der Waals surface area contributed by atoms with E-state index in [1.807, 2.05) is 31.2 Å². The van der Waals surface area contributed by atoms with Crippen LogP contribution in [0.2, 0.25) is 0 Å². The molecule has 0 atom stereocenters. The topological polar surface area (TPSA) is 30.0 Å². The maximum absolute atomic E-state index is 10.8. The number of rotatable bonds is 4. The van der Waals surface area contributed by atoms with Crippen LogP contribution in [0, 0.1) is 0 Å². The zero-order chi connectivity index (χ0) is 10.4. The van der Waals surface area contributed by atoms with Crippen LogP contribution in [0.3, 0.4) is 0 Å². The second-order valence-corrected chi connectivity index (χ2v) is 3.45. The maximum Gasteiger partial charge on any atom is 0.130 e. The normalized spacial score (nSPS) is 11.4. The number of ketones is 1. The van der Waals surface area contributed by atoms with E-state index in [2.05, 4.69) is 4.98 Å². The summed E-state index contributed by atoms with van der Waals surface area (Å²) in [6, 6.07) is 5.80. The summed E-state index contributed by atoms with van der Waals surface area (Å²) in [6.45, 7) is 3.64. The van der Waals surface area contributed by atoms with Crippen molar-refractivity contribution in [2.75, 3.05) is 0 Å². The Kier molecular flexibility index (Phi) is 4.05. The van der Waals surface area contributed by atoms with Crippen LogP contribution in [0.5, 0.6) is 0 Å². The Bertz CT molecular complexity index is 327. The van der Waals surface area contributed by atoms with Crippen LogP contribution < -0.4 is 0 Å². The Labute approximate surface area is 84.7 Å². The second-order valence-electron chi connectivity index (χ2n) is 3.45. The van der Waals surface area contributed by atoms with Gasteiger partial charge in [-0.25, -0.2) is 0 Å². The molecule has 0 N–H and O–H groups in total. The first-order chi connectivity index (χ1) is 6.68. The minimum atomic E-state index is 0.235. The molecule has 0 amide bonds. The number of aromatic nitrogens is 1. The summed E-state index contributed by atoms with van der Waals surface area (Å²) in [5, 5.41) is 0. The molecule has 2 heteroatoms. The predicted molar refractivity (Wildman–Crippen MR) is 57.8 cm³/mol. The molecule has 1 rings (SSSR count). The molecule has 2 nitrogen and oxygen atoms in total. The Hall–Kier alpha value is -1.44. The number of nitrogens with zero attached hydrogens (tertiary/aromatic N) is 1. The van der Waals surface area contributed by atoms with E-state index in [4.69, 9.17) is 0 Å². The number of pyridine rings is 1. The van der Waals surface area contributed by atoms with Gasteiger partial charge in [-0.2, -0.15) is 0 Å². The highest BCUT2D eigenvalue weighted by Crippen LogP contribution is 2.09. The van der Waals surface area contributed by atoms with Crippen LogP contribution in [0.15, 0.2) is 30.0 Å². The quantitative estimate of drug-likeness (QED) is 0.729. The Morgan fingerprint density at radius 2 is 2.14 bits per heavy atom. The maximum atomic E-state index is 10.8. The molecule has 0 bridgehead atoms. The largest absolute Gasteiger partial charge is 0.300 e. The third kappa shape index (κ3) is 3.99. The zero-order valence-electron chi connectivity index (χ0n) is 8.66. The number of hydrogen-bond acceptors (Lipinski definition) is 2. The number of carbonyl (C=O) groups excluding carboxylic acids is 1. The Morgan fingerprint density at radius 1 is 1.36 bits per heavy atom. The molecule has 1 aromatic rings. The standard InChI is InChI=1S/C12H15NO/c1-10(6-7-11(2)14)9-12-5-3-4-8-13-12/h3-5,8-9H,6-7H2,1-2H3/b10-9+. The first-order valence-corrected chi connectivity index (χ1v) is 4.76. The van der Waals surface area contributed by atoms with E-state index >= 15 is 0 Å². The molecule has 0 spiro atoms. The van der Waals surface area contributed by atoms with Gasteiger partial charge in [0.05, 0.1) is 5.69 Å². The van der Waals surface area contributed by atoms with Gasteiger partial charge in [0.1, 0.15) is 5.78 Å². The highest BCUT2D eigenvalue weighted by molar-refractivity contribution is 5.75. The van der Waals surface area contributed by atoms with Crippen LogP contribution in [0.25, 0.3) is 6.08 Å². The molecule has 0 aliphatic rings. The van der Waals surface area contributed by atoms with E-state index in [9.17, 15) is 4.79 Å². The van der Waals surface area contributed by atoms with E-state index in [1.165, 1.54) is 5.57 Å². The van der Waals surface area contributed by atoms with Crippen LogP contribution in [-0.2, 0) is 4.79 Å². The van der Waals surface area contributed by atoms with Crippen molar-refractivity contribution in [3.8, 4) is 0 Å². The van der Waals surface area contributed by atoms with Crippen molar-refractivity contribution in [3.63, 3.8) is 0 Å². The van der Waals surface area contributed by atoms with Crippen LogP contribution >= 0.6 is 0 Å². The Morgan fingerprint density at radius 3 is 2.71 bits per heavy atom. The monoisotopic (exact) mass is 189 g/mol. The summed E-state index contributed by atoms with van der Waals surface area (Å²) in [4.78, 5) is 14.9. The molecule has 0 aliphatic heterocycles. The fourth-order valence-electron chi connectivity index (χ4n) is 1.16. The first-order valence-electron chi connectivity index (χ1n) is 4.76. The molecule has 0 saturated heterocycles. The van der Waals surface area contributed by atoms with E-state index in [0.717, 1.165) is 12.1 Å². The van der Waals surface area contributed by atoms with Gasteiger partial charge in [-0.1, -0.05) is 11.6 Å². The number of hydrogen-bond donors (Lipinski definition) is 0. The molecule has 0 saturated carbocycles. The van der Waals surface area contributed by atoms with Gasteiger partial charge in [-0.3, -0.25) is 4.98 Å². The highest BCUT2D eigenvalue weighted by atomic mass is 16.1. The molecule has 1 heterocycles. The lowest BCUT2D eigenvalue weighted by molar-refractivity contribution is -0.116. The molecule has 1 aromatic heterocycles. The molecular weight excluding hydrogens is 174 g/mol. The lowest BCUT2D eigenvalue weighted by atomic mass is 10.1. The molecule has 0 aromatic carbocycles. The molecule has 74 valence electrons. The van der Waals surface area contributed by atoms with Gasteiger partial charge in [0.25, 0.3) is 0 Å². The summed E-state index contributed by atoms with van der Waals surface area (Å²) in [5.74, 6) is 0.235. The summed E-state index contributed by atoms with van der Waals surface area (Å²) in [6.07, 6.45) is 5.23. The molecule has 0 unspecified atom stereocenters. The third-order valence-corrected chi connectivity index (χ3v) is 1.95. The van der Waals surface area contributed by atoms with Gasteiger partial charge < -0.3 is 4.79 Å². The fraction of sp³-hybridized carbons (Fsp3) is 0.333. The van der Waals surface area contributed by atoms with Crippen molar-refractivity contribution in [2.24, 2.45) is 0 Å². The van der Waals surface area contributed by atoms with E-state index in [1.54, 1.807) is 13.1 Å². The van der Waals surface area contributed by atoms with Crippen molar-refractivity contribution in [3.05, 3.63) is 35.7 Å². The zero-order valence-corrected chi connectivity index (χ0v) is 8.66. The van der Waals surface area contributed by atoms with Gasteiger partial charge >= 0.3 is 0 Å². The van der Waals surface area contributed by atoms with E-state index < -0.39 is 0 Å². The van der Waals surface area contributed by atoms with E-state index in [-0.39, 0.29) is 5.78 Å². The molecule has 0 radical (unpaired) electrons. The summed E-state index contributed by atoms with van der Waals surface area (Å²) in [7, 11) is 0. The van der Waals surface area contributed by atoms with Crippen molar-refractivity contribution in [1.82, 2.24) is 4.98 Å². The van der Waals surface area contributed by atoms with Crippen molar-refractivity contribution >= 4 is 11.9 Å². The lowest BCUT2D eigenvalue weighted by Crippen LogP contribution is -1.90. The second kappa shape index (κ2) is 5.32. The van der Waals surface area contributed by atoms with Gasteiger partial charge in [-0.05, 0) is 38.5 Å². The molecule has 14 heavy (non-hydrogen) atoms. The van der Waals surface area contributed by atoms with Gasteiger partial charge in [0, 0.05) is 12.6 Å². The Balaban J connectivity index is 2.56. The van der Waals surface area contributed by atoms with Crippen LogP contribution in [0.4, 0.5) is 0 Å². The molecule has 0 aliphatic carbocycles. The highest BCUT2D eigenvalue weighted by Gasteiger charge is 1.95.